The number of aliphatic hydroxyl groups excluding tert-OH is 1. The zero-order valence-corrected chi connectivity index (χ0v) is 13.5. The highest BCUT2D eigenvalue weighted by Gasteiger charge is 2.29. The van der Waals surface area contributed by atoms with Gasteiger partial charge >= 0.3 is 0 Å². The first kappa shape index (κ1) is 13.7. The molecule has 2 nitrogen and oxygen atoms in total. The Hall–Kier alpha value is -0.260. The smallest absolute Gasteiger partial charge is 0.136 e. The summed E-state index contributed by atoms with van der Waals surface area (Å²) in [6.07, 6.45) is -0.263. The van der Waals surface area contributed by atoms with E-state index in [1.54, 1.807) is 18.2 Å². The molecule has 0 bridgehead atoms. The molecular weight excluding hydrogens is 371 g/mol. The van der Waals surface area contributed by atoms with Crippen molar-refractivity contribution in [2.24, 2.45) is 0 Å². The quantitative estimate of drug-likeness (QED) is 0.721. The van der Waals surface area contributed by atoms with Crippen molar-refractivity contribution in [2.45, 2.75) is 18.6 Å². The second-order valence-corrected chi connectivity index (χ2v) is 7.29. The van der Waals surface area contributed by atoms with Gasteiger partial charge in [0.2, 0.25) is 0 Å². The molecule has 1 N–H and O–H groups in total. The standard InChI is InChI=1S/C13H9BrCl2O2S/c14-8-4-12(19-13(8)16)11-5-9(17)7-3-6(15)1-2-10(7)18-11/h1-4,9,11,17H,5H2/t9-,11?/m0/s1. The van der Waals surface area contributed by atoms with Crippen LogP contribution in [-0.2, 0) is 0 Å². The van der Waals surface area contributed by atoms with Gasteiger partial charge in [0, 0.05) is 26.4 Å². The van der Waals surface area contributed by atoms with Crippen LogP contribution in [0.5, 0.6) is 5.75 Å². The highest BCUT2D eigenvalue weighted by Crippen LogP contribution is 2.45. The van der Waals surface area contributed by atoms with Crippen LogP contribution in [-0.4, -0.2) is 5.11 Å². The zero-order valence-electron chi connectivity index (χ0n) is 9.57. The maximum Gasteiger partial charge on any atom is 0.136 e. The van der Waals surface area contributed by atoms with Crippen molar-refractivity contribution >= 4 is 50.5 Å². The first-order valence-corrected chi connectivity index (χ1v) is 8.00. The molecule has 2 aromatic rings. The monoisotopic (exact) mass is 378 g/mol. The number of fused-ring (bicyclic) bond motifs is 1. The van der Waals surface area contributed by atoms with Crippen LogP contribution in [0.25, 0.3) is 0 Å². The molecule has 19 heavy (non-hydrogen) atoms. The van der Waals surface area contributed by atoms with Crippen molar-refractivity contribution in [2.75, 3.05) is 0 Å². The predicted molar refractivity (Wildman–Crippen MR) is 81.4 cm³/mol. The highest BCUT2D eigenvalue weighted by atomic mass is 79.9. The minimum atomic E-state index is -0.577. The van der Waals surface area contributed by atoms with E-state index >= 15 is 0 Å². The van der Waals surface area contributed by atoms with Crippen LogP contribution in [0.15, 0.2) is 28.7 Å². The summed E-state index contributed by atoms with van der Waals surface area (Å²) in [6, 6.07) is 7.23. The summed E-state index contributed by atoms with van der Waals surface area (Å²) in [5.74, 6) is 0.675. The number of benzene rings is 1. The fourth-order valence-corrected chi connectivity index (χ4v) is 4.07. The molecule has 1 aromatic carbocycles. The predicted octanol–water partition coefficient (Wildman–Crippen LogP) is 5.37. The van der Waals surface area contributed by atoms with Gasteiger partial charge in [-0.25, -0.2) is 0 Å². The molecule has 0 amide bonds. The Morgan fingerprint density at radius 1 is 1.32 bits per heavy atom. The van der Waals surface area contributed by atoms with Gasteiger partial charge in [-0.3, -0.25) is 0 Å². The molecule has 1 unspecified atom stereocenters. The Kier molecular flexibility index (Phi) is 3.80. The molecule has 0 saturated heterocycles. The Morgan fingerprint density at radius 3 is 2.79 bits per heavy atom. The van der Waals surface area contributed by atoms with E-state index in [0.717, 1.165) is 14.9 Å². The number of ether oxygens (including phenoxy) is 1. The number of aliphatic hydroxyl groups is 1. The third kappa shape index (κ3) is 2.65. The highest BCUT2D eigenvalue weighted by molar-refractivity contribution is 9.10. The van der Waals surface area contributed by atoms with Crippen molar-refractivity contribution in [3.63, 3.8) is 0 Å². The topological polar surface area (TPSA) is 29.5 Å². The van der Waals surface area contributed by atoms with Gasteiger partial charge in [-0.15, -0.1) is 11.3 Å². The van der Waals surface area contributed by atoms with Crippen LogP contribution < -0.4 is 4.74 Å². The lowest BCUT2D eigenvalue weighted by atomic mass is 9.98. The Balaban J connectivity index is 1.94. The van der Waals surface area contributed by atoms with Crippen LogP contribution in [0.1, 0.15) is 29.1 Å². The van der Waals surface area contributed by atoms with E-state index in [2.05, 4.69) is 15.9 Å². The second-order valence-electron chi connectivity index (χ2n) is 4.31. The van der Waals surface area contributed by atoms with E-state index in [9.17, 15) is 5.11 Å². The first-order valence-electron chi connectivity index (χ1n) is 5.63. The van der Waals surface area contributed by atoms with Crippen LogP contribution in [0.4, 0.5) is 0 Å². The van der Waals surface area contributed by atoms with Crippen molar-refractivity contribution < 1.29 is 9.84 Å². The van der Waals surface area contributed by atoms with Gasteiger partial charge in [-0.1, -0.05) is 23.2 Å². The van der Waals surface area contributed by atoms with Gasteiger partial charge < -0.3 is 9.84 Å². The van der Waals surface area contributed by atoms with Crippen LogP contribution in [0.3, 0.4) is 0 Å². The number of halogens is 3. The van der Waals surface area contributed by atoms with Crippen molar-refractivity contribution in [3.05, 3.63) is 48.5 Å². The molecule has 0 saturated carbocycles. The van der Waals surface area contributed by atoms with E-state index in [1.807, 2.05) is 6.07 Å². The number of hydrogen-bond acceptors (Lipinski definition) is 3. The molecule has 0 fully saturated rings. The van der Waals surface area contributed by atoms with E-state index in [-0.39, 0.29) is 6.10 Å². The van der Waals surface area contributed by atoms with E-state index in [4.69, 9.17) is 27.9 Å². The fourth-order valence-electron chi connectivity index (χ4n) is 2.11. The Labute approximate surface area is 133 Å². The average Bonchev–Trinajstić information content (AvgIpc) is 2.70. The van der Waals surface area contributed by atoms with E-state index in [0.29, 0.717) is 21.5 Å². The summed E-state index contributed by atoms with van der Waals surface area (Å²) in [6.45, 7) is 0. The lowest BCUT2D eigenvalue weighted by Gasteiger charge is -2.29. The van der Waals surface area contributed by atoms with Gasteiger partial charge in [0.15, 0.2) is 0 Å². The van der Waals surface area contributed by atoms with Crippen LogP contribution in [0, 0.1) is 0 Å². The van der Waals surface area contributed by atoms with Gasteiger partial charge in [0.25, 0.3) is 0 Å². The van der Waals surface area contributed by atoms with Gasteiger partial charge in [-0.05, 0) is 40.2 Å². The Morgan fingerprint density at radius 2 is 2.11 bits per heavy atom. The summed E-state index contributed by atoms with van der Waals surface area (Å²) in [7, 11) is 0. The fraction of sp³-hybridized carbons (Fsp3) is 0.231. The molecule has 1 aliphatic rings. The van der Waals surface area contributed by atoms with Crippen LogP contribution in [0.2, 0.25) is 9.36 Å². The normalized spacial score (nSPS) is 21.9. The summed E-state index contributed by atoms with van der Waals surface area (Å²) < 4.78 is 7.47. The number of rotatable bonds is 1. The van der Waals surface area contributed by atoms with Crippen LogP contribution >= 0.6 is 50.5 Å². The molecule has 3 rings (SSSR count). The maximum absolute atomic E-state index is 10.2. The third-order valence-electron chi connectivity index (χ3n) is 3.02. The minimum Gasteiger partial charge on any atom is -0.484 e. The molecule has 0 spiro atoms. The second kappa shape index (κ2) is 5.26. The summed E-state index contributed by atoms with van der Waals surface area (Å²) >= 11 is 16.8. The molecule has 0 aliphatic carbocycles. The maximum atomic E-state index is 10.2. The number of thiophene rings is 1. The lowest BCUT2D eigenvalue weighted by molar-refractivity contribution is 0.0674. The minimum absolute atomic E-state index is 0.183. The SMILES string of the molecule is O[C@H]1CC(c2cc(Br)c(Cl)s2)Oc2ccc(Cl)cc21. The van der Waals surface area contributed by atoms with E-state index in [1.165, 1.54) is 11.3 Å². The summed E-state index contributed by atoms with van der Waals surface area (Å²) in [5, 5.41) is 10.8. The molecular formula is C13H9BrCl2O2S. The Bertz CT molecular complexity index is 610. The molecule has 1 aliphatic heterocycles. The summed E-state index contributed by atoms with van der Waals surface area (Å²) in [4.78, 5) is 0.997. The molecule has 2 heterocycles. The number of hydrogen-bond donors (Lipinski definition) is 1. The molecule has 0 radical (unpaired) electrons. The van der Waals surface area contributed by atoms with Gasteiger partial charge in [0.05, 0.1) is 6.10 Å². The van der Waals surface area contributed by atoms with Gasteiger partial charge in [0.1, 0.15) is 16.2 Å². The molecule has 2 atom stereocenters. The van der Waals surface area contributed by atoms with Crippen molar-refractivity contribution in [1.82, 2.24) is 0 Å². The molecule has 1 aromatic heterocycles. The average molecular weight is 380 g/mol. The molecule has 6 heteroatoms. The molecule has 100 valence electrons. The zero-order chi connectivity index (χ0) is 13.6. The largest absolute Gasteiger partial charge is 0.484 e. The van der Waals surface area contributed by atoms with E-state index < -0.39 is 6.10 Å². The summed E-state index contributed by atoms with van der Waals surface area (Å²) in [5.41, 5.74) is 0.741. The third-order valence-corrected chi connectivity index (χ3v) is 5.82. The van der Waals surface area contributed by atoms with Crippen molar-refractivity contribution in [1.29, 1.82) is 0 Å². The van der Waals surface area contributed by atoms with Gasteiger partial charge in [-0.2, -0.15) is 0 Å². The first-order chi connectivity index (χ1) is 9.04. The lowest BCUT2D eigenvalue weighted by Crippen LogP contribution is -2.18. The van der Waals surface area contributed by atoms with Crippen molar-refractivity contribution in [3.8, 4) is 5.75 Å².